The molecule has 0 aromatic heterocycles. The molecule has 0 aliphatic carbocycles. The molecule has 96 valence electrons. The van der Waals surface area contributed by atoms with Crippen molar-refractivity contribution in [3.05, 3.63) is 29.6 Å². The average Bonchev–Trinajstić information content (AvgIpc) is 2.35. The number of ether oxygens (including phenoxy) is 1. The standard InChI is InChI=1S/C14H20BrFO/c1-4-14(5-2,9-15)10-17-13-8-12(16)7-6-11(13)3/h6-8H,4-5,9-10H2,1-3H3. The number of aryl methyl sites for hydroxylation is 1. The number of rotatable bonds is 6. The van der Waals surface area contributed by atoms with Crippen LogP contribution in [-0.2, 0) is 0 Å². The number of halogens is 2. The molecule has 0 radical (unpaired) electrons. The van der Waals surface area contributed by atoms with Gasteiger partial charge in [0.2, 0.25) is 0 Å². The van der Waals surface area contributed by atoms with Crippen molar-refractivity contribution in [3.8, 4) is 5.75 Å². The second-order valence-corrected chi connectivity index (χ2v) is 5.10. The van der Waals surface area contributed by atoms with Gasteiger partial charge in [-0.2, -0.15) is 0 Å². The molecule has 0 amide bonds. The normalized spacial score (nSPS) is 11.6. The van der Waals surface area contributed by atoms with Crippen molar-refractivity contribution in [2.75, 3.05) is 11.9 Å². The maximum atomic E-state index is 13.1. The van der Waals surface area contributed by atoms with E-state index >= 15 is 0 Å². The summed E-state index contributed by atoms with van der Waals surface area (Å²) in [5.41, 5.74) is 1.11. The lowest BCUT2D eigenvalue weighted by atomic mass is 9.86. The predicted molar refractivity (Wildman–Crippen MR) is 73.4 cm³/mol. The van der Waals surface area contributed by atoms with Gasteiger partial charge in [0, 0.05) is 16.8 Å². The van der Waals surface area contributed by atoms with E-state index in [2.05, 4.69) is 29.8 Å². The fourth-order valence-corrected chi connectivity index (χ4v) is 2.60. The third kappa shape index (κ3) is 3.70. The van der Waals surface area contributed by atoms with Crippen LogP contribution in [0, 0.1) is 18.2 Å². The van der Waals surface area contributed by atoms with Crippen LogP contribution in [0.2, 0.25) is 0 Å². The van der Waals surface area contributed by atoms with Crippen molar-refractivity contribution in [2.45, 2.75) is 33.6 Å². The van der Waals surface area contributed by atoms with Gasteiger partial charge in [-0.25, -0.2) is 4.39 Å². The third-order valence-corrected chi connectivity index (χ3v) is 4.66. The highest BCUT2D eigenvalue weighted by Crippen LogP contribution is 2.30. The van der Waals surface area contributed by atoms with Crippen LogP contribution in [0.5, 0.6) is 5.75 Å². The quantitative estimate of drug-likeness (QED) is 0.691. The van der Waals surface area contributed by atoms with Gasteiger partial charge >= 0.3 is 0 Å². The van der Waals surface area contributed by atoms with E-state index in [4.69, 9.17) is 4.74 Å². The molecule has 1 aromatic carbocycles. The number of benzene rings is 1. The summed E-state index contributed by atoms with van der Waals surface area (Å²) in [6.07, 6.45) is 2.09. The molecule has 0 unspecified atom stereocenters. The van der Waals surface area contributed by atoms with Crippen molar-refractivity contribution < 1.29 is 9.13 Å². The van der Waals surface area contributed by atoms with E-state index < -0.39 is 0 Å². The van der Waals surface area contributed by atoms with Crippen LogP contribution in [0.4, 0.5) is 4.39 Å². The monoisotopic (exact) mass is 302 g/mol. The van der Waals surface area contributed by atoms with Gasteiger partial charge in [-0.3, -0.25) is 0 Å². The molecule has 1 aromatic rings. The molecule has 17 heavy (non-hydrogen) atoms. The first-order chi connectivity index (χ1) is 8.06. The van der Waals surface area contributed by atoms with Gasteiger partial charge in [-0.15, -0.1) is 0 Å². The molecule has 0 fully saturated rings. The van der Waals surface area contributed by atoms with Crippen LogP contribution >= 0.6 is 15.9 Å². The van der Waals surface area contributed by atoms with Crippen LogP contribution in [0.1, 0.15) is 32.3 Å². The van der Waals surface area contributed by atoms with Gasteiger partial charge in [0.05, 0.1) is 6.61 Å². The molecule has 0 bridgehead atoms. The highest BCUT2D eigenvalue weighted by atomic mass is 79.9. The van der Waals surface area contributed by atoms with E-state index in [0.717, 1.165) is 23.7 Å². The van der Waals surface area contributed by atoms with Gasteiger partial charge in [0.25, 0.3) is 0 Å². The summed E-state index contributed by atoms with van der Waals surface area (Å²) < 4.78 is 18.9. The zero-order valence-electron chi connectivity index (χ0n) is 10.7. The van der Waals surface area contributed by atoms with Crippen LogP contribution in [0.15, 0.2) is 18.2 Å². The Kier molecular flexibility index (Phi) is 5.44. The summed E-state index contributed by atoms with van der Waals surface area (Å²) >= 11 is 3.55. The molecular formula is C14H20BrFO. The zero-order chi connectivity index (χ0) is 12.9. The van der Waals surface area contributed by atoms with E-state index in [1.54, 1.807) is 6.07 Å². The first-order valence-corrected chi connectivity index (χ1v) is 7.14. The van der Waals surface area contributed by atoms with E-state index in [9.17, 15) is 4.39 Å². The Hall–Kier alpha value is -0.570. The largest absolute Gasteiger partial charge is 0.493 e. The van der Waals surface area contributed by atoms with Gasteiger partial charge in [0.15, 0.2) is 0 Å². The van der Waals surface area contributed by atoms with E-state index in [-0.39, 0.29) is 11.2 Å². The molecule has 0 heterocycles. The van der Waals surface area contributed by atoms with Crippen LogP contribution in [-0.4, -0.2) is 11.9 Å². The minimum atomic E-state index is -0.247. The second kappa shape index (κ2) is 6.39. The lowest BCUT2D eigenvalue weighted by Gasteiger charge is -2.29. The summed E-state index contributed by atoms with van der Waals surface area (Å²) in [6, 6.07) is 4.66. The molecule has 0 N–H and O–H groups in total. The molecule has 0 spiro atoms. The summed E-state index contributed by atoms with van der Waals surface area (Å²) in [5.74, 6) is 0.403. The van der Waals surface area contributed by atoms with E-state index in [1.807, 2.05) is 6.92 Å². The Morgan fingerprint density at radius 1 is 1.29 bits per heavy atom. The molecule has 0 saturated heterocycles. The fraction of sp³-hybridized carbons (Fsp3) is 0.571. The molecule has 0 aliphatic rings. The summed E-state index contributed by atoms with van der Waals surface area (Å²) in [7, 11) is 0. The lowest BCUT2D eigenvalue weighted by Crippen LogP contribution is -2.29. The summed E-state index contributed by atoms with van der Waals surface area (Å²) in [5, 5.41) is 0.904. The van der Waals surface area contributed by atoms with Crippen LogP contribution in [0.25, 0.3) is 0 Å². The molecule has 1 nitrogen and oxygen atoms in total. The van der Waals surface area contributed by atoms with Gasteiger partial charge in [-0.1, -0.05) is 35.8 Å². The maximum Gasteiger partial charge on any atom is 0.126 e. The average molecular weight is 303 g/mol. The smallest absolute Gasteiger partial charge is 0.126 e. The third-order valence-electron chi connectivity index (χ3n) is 3.47. The van der Waals surface area contributed by atoms with Gasteiger partial charge in [0.1, 0.15) is 11.6 Å². The Morgan fingerprint density at radius 3 is 2.47 bits per heavy atom. The molecule has 0 saturated carbocycles. The zero-order valence-corrected chi connectivity index (χ0v) is 12.3. The second-order valence-electron chi connectivity index (χ2n) is 4.54. The summed E-state index contributed by atoms with van der Waals surface area (Å²) in [6.45, 7) is 6.87. The minimum Gasteiger partial charge on any atom is -0.493 e. The predicted octanol–water partition coefficient (Wildman–Crippen LogP) is 4.71. The first-order valence-electron chi connectivity index (χ1n) is 6.02. The van der Waals surface area contributed by atoms with Crippen molar-refractivity contribution in [1.29, 1.82) is 0 Å². The molecule has 3 heteroatoms. The molecular weight excluding hydrogens is 283 g/mol. The lowest BCUT2D eigenvalue weighted by molar-refractivity contribution is 0.156. The number of alkyl halides is 1. The highest BCUT2D eigenvalue weighted by Gasteiger charge is 2.26. The molecule has 0 atom stereocenters. The van der Waals surface area contributed by atoms with Gasteiger partial charge in [-0.05, 0) is 31.4 Å². The Morgan fingerprint density at radius 2 is 1.94 bits per heavy atom. The van der Waals surface area contributed by atoms with E-state index in [0.29, 0.717) is 12.4 Å². The minimum absolute atomic E-state index is 0.138. The maximum absolute atomic E-state index is 13.1. The van der Waals surface area contributed by atoms with Crippen molar-refractivity contribution >= 4 is 15.9 Å². The number of hydrogen-bond acceptors (Lipinski definition) is 1. The first kappa shape index (κ1) is 14.5. The van der Waals surface area contributed by atoms with Crippen molar-refractivity contribution in [3.63, 3.8) is 0 Å². The Labute approximate surface area is 111 Å². The topological polar surface area (TPSA) is 9.23 Å². The Bertz CT molecular complexity index is 353. The van der Waals surface area contributed by atoms with Crippen LogP contribution in [0.3, 0.4) is 0 Å². The van der Waals surface area contributed by atoms with Gasteiger partial charge < -0.3 is 4.74 Å². The molecule has 1 rings (SSSR count). The SMILES string of the molecule is CCC(CC)(CBr)COc1cc(F)ccc1C. The summed E-state index contributed by atoms with van der Waals surface area (Å²) in [4.78, 5) is 0. The van der Waals surface area contributed by atoms with Crippen LogP contribution < -0.4 is 4.74 Å². The number of hydrogen-bond donors (Lipinski definition) is 0. The Balaban J connectivity index is 2.75. The molecule has 0 aliphatic heterocycles. The highest BCUT2D eigenvalue weighted by molar-refractivity contribution is 9.09. The van der Waals surface area contributed by atoms with Crippen molar-refractivity contribution in [1.82, 2.24) is 0 Å². The van der Waals surface area contributed by atoms with E-state index in [1.165, 1.54) is 12.1 Å². The van der Waals surface area contributed by atoms with Crippen molar-refractivity contribution in [2.24, 2.45) is 5.41 Å². The fourth-order valence-electron chi connectivity index (χ4n) is 1.64.